The summed E-state index contributed by atoms with van der Waals surface area (Å²) in [6.07, 6.45) is 12.7. The van der Waals surface area contributed by atoms with E-state index in [1.165, 1.54) is 64.3 Å². The van der Waals surface area contributed by atoms with E-state index in [0.717, 1.165) is 18.0 Å². The van der Waals surface area contributed by atoms with Crippen LogP contribution in [0.1, 0.15) is 57.8 Å². The van der Waals surface area contributed by atoms with Crippen molar-refractivity contribution in [2.45, 2.75) is 82.0 Å². The molecule has 2 saturated carbocycles. The summed E-state index contributed by atoms with van der Waals surface area (Å²) in [6, 6.07) is 2.25. The monoisotopic (exact) mass is 266 g/mol. The van der Waals surface area contributed by atoms with Gasteiger partial charge in [-0.05, 0) is 57.4 Å². The lowest BCUT2D eigenvalue weighted by atomic mass is 9.88. The van der Waals surface area contributed by atoms with Gasteiger partial charge in [0.1, 0.15) is 0 Å². The van der Waals surface area contributed by atoms with Crippen molar-refractivity contribution in [3.63, 3.8) is 0 Å². The minimum Gasteiger partial charge on any atom is -0.381 e. The third-order valence-electron chi connectivity index (χ3n) is 5.60. The molecule has 3 rings (SSSR count). The molecule has 5 atom stereocenters. The normalized spacial score (nSPS) is 43.7. The highest BCUT2D eigenvalue weighted by Gasteiger charge is 2.36. The Kier molecular flexibility index (Phi) is 4.78. The van der Waals surface area contributed by atoms with Crippen molar-refractivity contribution in [3.8, 4) is 0 Å². The van der Waals surface area contributed by atoms with Gasteiger partial charge in [-0.15, -0.1) is 0 Å². The van der Waals surface area contributed by atoms with Crippen molar-refractivity contribution in [1.29, 1.82) is 0 Å². The fourth-order valence-corrected chi connectivity index (χ4v) is 4.53. The molecule has 1 heterocycles. The van der Waals surface area contributed by atoms with Crippen LogP contribution in [0.2, 0.25) is 0 Å². The van der Waals surface area contributed by atoms with Gasteiger partial charge in [0.2, 0.25) is 0 Å². The summed E-state index contributed by atoms with van der Waals surface area (Å²) in [5, 5.41) is 7.74. The maximum atomic E-state index is 5.50. The summed E-state index contributed by atoms with van der Waals surface area (Å²) in [6.45, 7) is 1.24. The van der Waals surface area contributed by atoms with Gasteiger partial charge in [0, 0.05) is 25.2 Å². The summed E-state index contributed by atoms with van der Waals surface area (Å²) in [5.41, 5.74) is 0. The third kappa shape index (κ3) is 3.32. The predicted octanol–water partition coefficient (Wildman–Crippen LogP) is 2.45. The summed E-state index contributed by atoms with van der Waals surface area (Å²) >= 11 is 0. The molecule has 0 aromatic rings. The topological polar surface area (TPSA) is 33.3 Å². The van der Waals surface area contributed by atoms with Crippen LogP contribution in [0.15, 0.2) is 0 Å². The second-order valence-electron chi connectivity index (χ2n) is 6.79. The zero-order valence-electron chi connectivity index (χ0n) is 12.4. The molecule has 3 nitrogen and oxygen atoms in total. The Bertz CT molecular complexity index is 278. The molecule has 19 heavy (non-hydrogen) atoms. The van der Waals surface area contributed by atoms with Crippen molar-refractivity contribution < 1.29 is 4.74 Å². The van der Waals surface area contributed by atoms with Crippen LogP contribution in [0, 0.1) is 5.92 Å². The Morgan fingerprint density at radius 3 is 2.68 bits per heavy atom. The molecule has 3 aliphatic rings. The Morgan fingerprint density at radius 2 is 1.95 bits per heavy atom. The molecule has 0 amide bonds. The molecule has 0 spiro atoms. The first-order valence-electron chi connectivity index (χ1n) is 8.39. The highest BCUT2D eigenvalue weighted by Crippen LogP contribution is 2.33. The van der Waals surface area contributed by atoms with E-state index in [1.807, 2.05) is 7.11 Å². The lowest BCUT2D eigenvalue weighted by molar-refractivity contribution is 0.106. The van der Waals surface area contributed by atoms with Crippen LogP contribution in [0.3, 0.4) is 0 Å². The van der Waals surface area contributed by atoms with Crippen LogP contribution < -0.4 is 10.6 Å². The van der Waals surface area contributed by atoms with Gasteiger partial charge in [-0.1, -0.05) is 12.8 Å². The molecular formula is C16H30N2O. The van der Waals surface area contributed by atoms with Gasteiger partial charge in [-0.2, -0.15) is 0 Å². The van der Waals surface area contributed by atoms with Crippen LogP contribution in [-0.4, -0.2) is 37.9 Å². The lowest BCUT2D eigenvalue weighted by Gasteiger charge is -2.34. The van der Waals surface area contributed by atoms with Crippen molar-refractivity contribution in [2.24, 2.45) is 5.92 Å². The zero-order chi connectivity index (χ0) is 13.1. The molecule has 0 aromatic heterocycles. The summed E-state index contributed by atoms with van der Waals surface area (Å²) < 4.78 is 5.50. The number of ether oxygens (including phenoxy) is 1. The Labute approximate surface area is 117 Å². The van der Waals surface area contributed by atoms with E-state index >= 15 is 0 Å². The minimum absolute atomic E-state index is 0.505. The fourth-order valence-electron chi connectivity index (χ4n) is 4.53. The average molecular weight is 266 g/mol. The SMILES string of the molecule is COC1CCC(NC2CCCC2C2CCCCN2)C1. The number of piperidine rings is 1. The highest BCUT2D eigenvalue weighted by atomic mass is 16.5. The van der Waals surface area contributed by atoms with E-state index in [4.69, 9.17) is 4.74 Å². The van der Waals surface area contributed by atoms with Gasteiger partial charge in [0.15, 0.2) is 0 Å². The van der Waals surface area contributed by atoms with E-state index < -0.39 is 0 Å². The molecule has 3 heteroatoms. The van der Waals surface area contributed by atoms with Crippen LogP contribution in [-0.2, 0) is 4.74 Å². The molecular weight excluding hydrogens is 236 g/mol. The van der Waals surface area contributed by atoms with E-state index in [9.17, 15) is 0 Å². The van der Waals surface area contributed by atoms with Gasteiger partial charge in [-0.3, -0.25) is 0 Å². The maximum Gasteiger partial charge on any atom is 0.0586 e. The van der Waals surface area contributed by atoms with Crippen LogP contribution in [0.5, 0.6) is 0 Å². The van der Waals surface area contributed by atoms with Crippen molar-refractivity contribution in [2.75, 3.05) is 13.7 Å². The molecule has 0 aromatic carbocycles. The zero-order valence-corrected chi connectivity index (χ0v) is 12.4. The number of nitrogens with one attached hydrogen (secondary N) is 2. The Morgan fingerprint density at radius 1 is 1.00 bits per heavy atom. The van der Waals surface area contributed by atoms with Crippen LogP contribution in [0.4, 0.5) is 0 Å². The largest absolute Gasteiger partial charge is 0.381 e. The predicted molar refractivity (Wildman–Crippen MR) is 78.3 cm³/mol. The lowest BCUT2D eigenvalue weighted by Crippen LogP contribution is -2.48. The van der Waals surface area contributed by atoms with Gasteiger partial charge < -0.3 is 15.4 Å². The van der Waals surface area contributed by atoms with Crippen molar-refractivity contribution in [1.82, 2.24) is 10.6 Å². The number of hydrogen-bond donors (Lipinski definition) is 2. The molecule has 0 radical (unpaired) electrons. The molecule has 3 fully saturated rings. The number of methoxy groups -OCH3 is 1. The fraction of sp³-hybridized carbons (Fsp3) is 1.00. The highest BCUT2D eigenvalue weighted by molar-refractivity contribution is 4.95. The molecule has 1 saturated heterocycles. The van der Waals surface area contributed by atoms with E-state index in [1.54, 1.807) is 0 Å². The van der Waals surface area contributed by atoms with Crippen molar-refractivity contribution >= 4 is 0 Å². The van der Waals surface area contributed by atoms with Crippen molar-refractivity contribution in [3.05, 3.63) is 0 Å². The first kappa shape index (κ1) is 13.8. The first-order chi connectivity index (χ1) is 9.36. The van der Waals surface area contributed by atoms with Crippen LogP contribution in [0.25, 0.3) is 0 Å². The molecule has 110 valence electrons. The summed E-state index contributed by atoms with van der Waals surface area (Å²) in [5.74, 6) is 0.877. The Hall–Kier alpha value is -0.120. The number of hydrogen-bond acceptors (Lipinski definition) is 3. The van der Waals surface area contributed by atoms with Gasteiger partial charge in [-0.25, -0.2) is 0 Å². The maximum absolute atomic E-state index is 5.50. The minimum atomic E-state index is 0.505. The third-order valence-corrected chi connectivity index (χ3v) is 5.60. The smallest absolute Gasteiger partial charge is 0.0586 e. The second kappa shape index (κ2) is 6.55. The number of rotatable bonds is 4. The van der Waals surface area contributed by atoms with Gasteiger partial charge in [0.25, 0.3) is 0 Å². The molecule has 0 bridgehead atoms. The van der Waals surface area contributed by atoms with E-state index in [-0.39, 0.29) is 0 Å². The van der Waals surface area contributed by atoms with Gasteiger partial charge in [0.05, 0.1) is 6.10 Å². The van der Waals surface area contributed by atoms with Crippen LogP contribution >= 0.6 is 0 Å². The molecule has 5 unspecified atom stereocenters. The molecule has 2 N–H and O–H groups in total. The van der Waals surface area contributed by atoms with E-state index in [2.05, 4.69) is 10.6 Å². The average Bonchev–Trinajstić information content (AvgIpc) is 3.09. The molecule has 1 aliphatic heterocycles. The quantitative estimate of drug-likeness (QED) is 0.820. The van der Waals surface area contributed by atoms with Gasteiger partial charge >= 0.3 is 0 Å². The summed E-state index contributed by atoms with van der Waals surface area (Å²) in [4.78, 5) is 0. The molecule has 2 aliphatic carbocycles. The summed E-state index contributed by atoms with van der Waals surface area (Å²) in [7, 11) is 1.86. The standard InChI is InChI=1S/C16H30N2O/c1-19-13-9-8-12(11-13)18-16-7-4-5-14(16)15-6-2-3-10-17-15/h12-18H,2-11H2,1H3. The first-order valence-corrected chi connectivity index (χ1v) is 8.39. The second-order valence-corrected chi connectivity index (χ2v) is 6.79. The van der Waals surface area contributed by atoms with E-state index in [0.29, 0.717) is 12.1 Å². The Balaban J connectivity index is 1.51.